The van der Waals surface area contributed by atoms with Crippen LogP contribution < -0.4 is 5.32 Å². The molecule has 1 aromatic heterocycles. The molecule has 2 heterocycles. The third kappa shape index (κ3) is 3.40. The lowest BCUT2D eigenvalue weighted by molar-refractivity contribution is 0.358. The van der Waals surface area contributed by atoms with E-state index in [0.717, 1.165) is 5.56 Å². The van der Waals surface area contributed by atoms with Crippen LogP contribution in [0.15, 0.2) is 29.0 Å². The standard InChI is InChI=1S/C16H21N3OS/c1-11-6-12(15-19-17-10-20-15)4-5-14(11)18-13-7-16(2,3)9-21-8-13/h4-6,10,13,18H,7-9H2,1-3H3. The van der Waals surface area contributed by atoms with Crippen molar-refractivity contribution in [3.63, 3.8) is 0 Å². The van der Waals surface area contributed by atoms with Crippen LogP contribution in [0, 0.1) is 12.3 Å². The van der Waals surface area contributed by atoms with Crippen molar-refractivity contribution in [3.05, 3.63) is 30.2 Å². The second-order valence-corrected chi connectivity index (χ2v) is 7.53. The van der Waals surface area contributed by atoms with Crippen molar-refractivity contribution < 1.29 is 4.42 Å². The van der Waals surface area contributed by atoms with E-state index in [4.69, 9.17) is 4.42 Å². The highest BCUT2D eigenvalue weighted by Gasteiger charge is 2.28. The molecule has 1 unspecified atom stereocenters. The maximum absolute atomic E-state index is 5.25. The number of thioether (sulfide) groups is 1. The van der Waals surface area contributed by atoms with E-state index in [-0.39, 0.29) is 0 Å². The molecule has 5 heteroatoms. The van der Waals surface area contributed by atoms with Crippen LogP contribution in [0.4, 0.5) is 5.69 Å². The van der Waals surface area contributed by atoms with E-state index < -0.39 is 0 Å². The molecule has 0 aliphatic carbocycles. The van der Waals surface area contributed by atoms with Gasteiger partial charge in [-0.3, -0.25) is 0 Å². The van der Waals surface area contributed by atoms with Gasteiger partial charge < -0.3 is 9.73 Å². The van der Waals surface area contributed by atoms with Crippen molar-refractivity contribution in [1.29, 1.82) is 0 Å². The quantitative estimate of drug-likeness (QED) is 0.929. The van der Waals surface area contributed by atoms with E-state index in [1.54, 1.807) is 0 Å². The lowest BCUT2D eigenvalue weighted by Gasteiger charge is -2.35. The van der Waals surface area contributed by atoms with Gasteiger partial charge in [0.1, 0.15) is 0 Å². The van der Waals surface area contributed by atoms with Gasteiger partial charge in [-0.15, -0.1) is 10.2 Å². The van der Waals surface area contributed by atoms with Crippen LogP contribution in [0.1, 0.15) is 25.8 Å². The number of benzene rings is 1. The summed E-state index contributed by atoms with van der Waals surface area (Å²) in [6.45, 7) is 6.81. The van der Waals surface area contributed by atoms with Crippen LogP contribution in [0.2, 0.25) is 0 Å². The van der Waals surface area contributed by atoms with Gasteiger partial charge in [0.15, 0.2) is 0 Å². The first-order valence-corrected chi connectivity index (χ1v) is 8.40. The van der Waals surface area contributed by atoms with Crippen molar-refractivity contribution in [3.8, 4) is 11.5 Å². The number of anilines is 1. The van der Waals surface area contributed by atoms with Crippen LogP contribution in [0.25, 0.3) is 11.5 Å². The van der Waals surface area contributed by atoms with Crippen LogP contribution in [-0.2, 0) is 0 Å². The van der Waals surface area contributed by atoms with Crippen molar-refractivity contribution in [2.45, 2.75) is 33.2 Å². The average Bonchev–Trinajstić information content (AvgIpc) is 2.94. The number of aryl methyl sites for hydroxylation is 1. The topological polar surface area (TPSA) is 51.0 Å². The Kier molecular flexibility index (Phi) is 3.93. The molecular formula is C16H21N3OS. The average molecular weight is 303 g/mol. The Balaban J connectivity index is 1.74. The maximum Gasteiger partial charge on any atom is 0.247 e. The van der Waals surface area contributed by atoms with Crippen LogP contribution in [0.3, 0.4) is 0 Å². The number of nitrogens with zero attached hydrogens (tertiary/aromatic N) is 2. The zero-order valence-corrected chi connectivity index (χ0v) is 13.5. The Labute approximate surface area is 129 Å². The highest BCUT2D eigenvalue weighted by Crippen LogP contribution is 2.35. The Morgan fingerprint density at radius 1 is 1.38 bits per heavy atom. The normalized spacial score (nSPS) is 21.2. The lowest BCUT2D eigenvalue weighted by Crippen LogP contribution is -2.35. The number of nitrogens with one attached hydrogen (secondary N) is 1. The van der Waals surface area contributed by atoms with Gasteiger partial charge in [-0.25, -0.2) is 0 Å². The summed E-state index contributed by atoms with van der Waals surface area (Å²) in [4.78, 5) is 0. The summed E-state index contributed by atoms with van der Waals surface area (Å²) < 4.78 is 5.25. The summed E-state index contributed by atoms with van der Waals surface area (Å²) >= 11 is 2.04. The largest absolute Gasteiger partial charge is 0.423 e. The fourth-order valence-corrected chi connectivity index (χ4v) is 4.11. The molecule has 21 heavy (non-hydrogen) atoms. The van der Waals surface area contributed by atoms with Gasteiger partial charge in [-0.2, -0.15) is 11.8 Å². The number of rotatable bonds is 3. The van der Waals surface area contributed by atoms with E-state index in [1.165, 1.54) is 35.6 Å². The molecule has 1 aromatic carbocycles. The first-order valence-electron chi connectivity index (χ1n) is 7.25. The summed E-state index contributed by atoms with van der Waals surface area (Å²) in [7, 11) is 0. The van der Waals surface area contributed by atoms with E-state index >= 15 is 0 Å². The SMILES string of the molecule is Cc1cc(-c2nnco2)ccc1NC1CSCC(C)(C)C1. The van der Waals surface area contributed by atoms with Gasteiger partial charge in [0, 0.05) is 23.0 Å². The molecule has 1 saturated heterocycles. The van der Waals surface area contributed by atoms with Gasteiger partial charge in [-0.1, -0.05) is 13.8 Å². The van der Waals surface area contributed by atoms with Gasteiger partial charge in [-0.05, 0) is 48.3 Å². The minimum absolute atomic E-state index is 0.415. The molecule has 0 saturated carbocycles. The molecule has 112 valence electrons. The molecule has 1 fully saturated rings. The van der Waals surface area contributed by atoms with Gasteiger partial charge in [0.05, 0.1) is 0 Å². The van der Waals surface area contributed by atoms with Crippen LogP contribution >= 0.6 is 11.8 Å². The van der Waals surface area contributed by atoms with Gasteiger partial charge >= 0.3 is 0 Å². The molecule has 0 radical (unpaired) electrons. The van der Waals surface area contributed by atoms with Crippen LogP contribution in [-0.4, -0.2) is 27.7 Å². The molecule has 1 atom stereocenters. The van der Waals surface area contributed by atoms with E-state index in [1.807, 2.05) is 17.8 Å². The fraction of sp³-hybridized carbons (Fsp3) is 0.500. The second kappa shape index (κ2) is 5.72. The van der Waals surface area contributed by atoms with Gasteiger partial charge in [0.2, 0.25) is 12.3 Å². The molecule has 2 aromatic rings. The monoisotopic (exact) mass is 303 g/mol. The zero-order chi connectivity index (χ0) is 14.9. The molecule has 0 spiro atoms. The van der Waals surface area contributed by atoms with Crippen molar-refractivity contribution in [2.24, 2.45) is 5.41 Å². The van der Waals surface area contributed by atoms with Gasteiger partial charge in [0.25, 0.3) is 0 Å². The molecular weight excluding hydrogens is 282 g/mol. The predicted octanol–water partition coefficient (Wildman–Crippen LogP) is 3.99. The number of hydrogen-bond acceptors (Lipinski definition) is 5. The highest BCUT2D eigenvalue weighted by atomic mass is 32.2. The summed E-state index contributed by atoms with van der Waals surface area (Å²) in [5.41, 5.74) is 3.78. The smallest absolute Gasteiger partial charge is 0.247 e. The third-order valence-electron chi connectivity index (χ3n) is 3.80. The Morgan fingerprint density at radius 2 is 2.24 bits per heavy atom. The molecule has 3 rings (SSSR count). The molecule has 0 amide bonds. The minimum atomic E-state index is 0.415. The molecule has 0 bridgehead atoms. The van der Waals surface area contributed by atoms with E-state index in [9.17, 15) is 0 Å². The first-order chi connectivity index (χ1) is 10.0. The minimum Gasteiger partial charge on any atom is -0.423 e. The zero-order valence-electron chi connectivity index (χ0n) is 12.7. The maximum atomic E-state index is 5.25. The molecule has 4 nitrogen and oxygen atoms in total. The van der Waals surface area contributed by atoms with E-state index in [0.29, 0.717) is 17.3 Å². The third-order valence-corrected chi connectivity index (χ3v) is 5.43. The Morgan fingerprint density at radius 3 is 2.90 bits per heavy atom. The molecule has 1 N–H and O–H groups in total. The summed E-state index contributed by atoms with van der Waals surface area (Å²) in [6, 6.07) is 6.77. The first kappa shape index (κ1) is 14.4. The van der Waals surface area contributed by atoms with Crippen molar-refractivity contribution in [1.82, 2.24) is 10.2 Å². The Bertz CT molecular complexity index is 610. The molecule has 1 aliphatic heterocycles. The summed E-state index contributed by atoms with van der Waals surface area (Å²) in [6.07, 6.45) is 2.57. The van der Waals surface area contributed by atoms with Crippen molar-refractivity contribution >= 4 is 17.4 Å². The second-order valence-electron chi connectivity index (χ2n) is 6.50. The summed E-state index contributed by atoms with van der Waals surface area (Å²) in [5.74, 6) is 2.99. The predicted molar refractivity (Wildman–Crippen MR) is 87.6 cm³/mol. The molecule has 1 aliphatic rings. The van der Waals surface area contributed by atoms with Crippen molar-refractivity contribution in [2.75, 3.05) is 16.8 Å². The fourth-order valence-electron chi connectivity index (χ4n) is 2.83. The summed E-state index contributed by atoms with van der Waals surface area (Å²) in [5, 5.41) is 11.4. The van der Waals surface area contributed by atoms with Crippen LogP contribution in [0.5, 0.6) is 0 Å². The highest BCUT2D eigenvalue weighted by molar-refractivity contribution is 7.99. The number of aromatic nitrogens is 2. The Hall–Kier alpha value is -1.49. The van der Waals surface area contributed by atoms with E-state index in [2.05, 4.69) is 48.4 Å². The lowest BCUT2D eigenvalue weighted by atomic mass is 9.87. The number of hydrogen-bond donors (Lipinski definition) is 1.